The van der Waals surface area contributed by atoms with E-state index in [1.165, 1.54) is 0 Å². The van der Waals surface area contributed by atoms with Gasteiger partial charge >= 0.3 is 0 Å². The highest BCUT2D eigenvalue weighted by Crippen LogP contribution is 2.32. The minimum absolute atomic E-state index is 0.0199. The van der Waals surface area contributed by atoms with Gasteiger partial charge in [-0.1, -0.05) is 24.3 Å². The Kier molecular flexibility index (Phi) is 4.53. The van der Waals surface area contributed by atoms with Crippen molar-refractivity contribution in [3.63, 3.8) is 0 Å². The molecule has 2 aromatic rings. The predicted molar refractivity (Wildman–Crippen MR) is 86.2 cm³/mol. The molecule has 1 atom stereocenters. The van der Waals surface area contributed by atoms with Crippen LogP contribution >= 0.6 is 11.8 Å². The van der Waals surface area contributed by atoms with Crippen LogP contribution in [0.5, 0.6) is 11.5 Å². The van der Waals surface area contributed by atoms with E-state index in [-0.39, 0.29) is 18.0 Å². The van der Waals surface area contributed by atoms with E-state index in [0.717, 1.165) is 22.0 Å². The molecule has 1 aliphatic rings. The summed E-state index contributed by atoms with van der Waals surface area (Å²) in [6.45, 7) is 2.65. The molecule has 0 spiro atoms. The topological polar surface area (TPSA) is 47.6 Å². The minimum Gasteiger partial charge on any atom is -0.454 e. The monoisotopic (exact) mass is 315 g/mol. The van der Waals surface area contributed by atoms with E-state index in [1.54, 1.807) is 11.8 Å². The zero-order valence-corrected chi connectivity index (χ0v) is 13.1. The van der Waals surface area contributed by atoms with E-state index in [0.29, 0.717) is 6.54 Å². The van der Waals surface area contributed by atoms with Crippen LogP contribution in [-0.4, -0.2) is 18.0 Å². The third-order valence-corrected chi connectivity index (χ3v) is 4.44. The number of benzene rings is 2. The summed E-state index contributed by atoms with van der Waals surface area (Å²) in [4.78, 5) is 13.3. The van der Waals surface area contributed by atoms with E-state index in [1.807, 2.05) is 55.5 Å². The average molecular weight is 315 g/mol. The first-order chi connectivity index (χ1) is 10.7. The average Bonchev–Trinajstić information content (AvgIpc) is 3.01. The number of carbonyl (C=O) groups is 1. The lowest BCUT2D eigenvalue weighted by molar-refractivity contribution is -0.120. The summed E-state index contributed by atoms with van der Waals surface area (Å²) in [5.41, 5.74) is 0.995. The van der Waals surface area contributed by atoms with Crippen molar-refractivity contribution >= 4 is 17.7 Å². The van der Waals surface area contributed by atoms with Crippen molar-refractivity contribution < 1.29 is 14.3 Å². The van der Waals surface area contributed by atoms with Gasteiger partial charge in [0, 0.05) is 11.4 Å². The Morgan fingerprint density at radius 1 is 1.18 bits per heavy atom. The van der Waals surface area contributed by atoms with Crippen molar-refractivity contribution in [1.29, 1.82) is 0 Å². The SMILES string of the molecule is CC(Sc1ccccc1)C(=O)NCc1ccc2c(c1)OCO2. The van der Waals surface area contributed by atoms with Crippen LogP contribution in [0.1, 0.15) is 12.5 Å². The molecule has 0 radical (unpaired) electrons. The van der Waals surface area contributed by atoms with Crippen LogP contribution in [0.15, 0.2) is 53.4 Å². The van der Waals surface area contributed by atoms with Gasteiger partial charge in [-0.3, -0.25) is 4.79 Å². The Bertz CT molecular complexity index is 660. The van der Waals surface area contributed by atoms with Gasteiger partial charge in [0.05, 0.1) is 5.25 Å². The van der Waals surface area contributed by atoms with Crippen LogP contribution in [0.25, 0.3) is 0 Å². The van der Waals surface area contributed by atoms with E-state index >= 15 is 0 Å². The first-order valence-electron chi connectivity index (χ1n) is 7.10. The third-order valence-electron chi connectivity index (χ3n) is 3.33. The largest absolute Gasteiger partial charge is 0.454 e. The van der Waals surface area contributed by atoms with Crippen LogP contribution in [0.2, 0.25) is 0 Å². The summed E-state index contributed by atoms with van der Waals surface area (Å²) in [6, 6.07) is 15.6. The lowest BCUT2D eigenvalue weighted by Crippen LogP contribution is -2.30. The molecule has 4 nitrogen and oxygen atoms in total. The van der Waals surface area contributed by atoms with Crippen molar-refractivity contribution in [2.24, 2.45) is 0 Å². The summed E-state index contributed by atoms with van der Waals surface area (Å²) in [5, 5.41) is 2.81. The maximum Gasteiger partial charge on any atom is 0.233 e. The van der Waals surface area contributed by atoms with Gasteiger partial charge in [-0.2, -0.15) is 0 Å². The highest BCUT2D eigenvalue weighted by molar-refractivity contribution is 8.00. The van der Waals surface area contributed by atoms with E-state index in [4.69, 9.17) is 9.47 Å². The van der Waals surface area contributed by atoms with Gasteiger partial charge in [0.25, 0.3) is 0 Å². The molecule has 0 saturated carbocycles. The molecule has 1 aliphatic heterocycles. The number of thioether (sulfide) groups is 1. The molecule has 3 rings (SSSR count). The predicted octanol–water partition coefficient (Wildman–Crippen LogP) is 3.21. The summed E-state index contributed by atoms with van der Waals surface area (Å²) in [6.07, 6.45) is 0. The summed E-state index contributed by atoms with van der Waals surface area (Å²) in [5.74, 6) is 1.51. The molecular formula is C17H17NO3S. The second kappa shape index (κ2) is 6.75. The van der Waals surface area contributed by atoms with Crippen molar-refractivity contribution in [3.05, 3.63) is 54.1 Å². The molecule has 0 aliphatic carbocycles. The smallest absolute Gasteiger partial charge is 0.233 e. The number of hydrogen-bond acceptors (Lipinski definition) is 4. The van der Waals surface area contributed by atoms with Crippen LogP contribution in [0.4, 0.5) is 0 Å². The van der Waals surface area contributed by atoms with Crippen LogP contribution < -0.4 is 14.8 Å². The molecule has 0 saturated heterocycles. The van der Waals surface area contributed by atoms with Crippen molar-refractivity contribution in [2.45, 2.75) is 23.6 Å². The fraction of sp³-hybridized carbons (Fsp3) is 0.235. The third kappa shape index (κ3) is 3.54. The lowest BCUT2D eigenvalue weighted by atomic mass is 10.2. The molecule has 1 amide bonds. The Morgan fingerprint density at radius 2 is 1.95 bits per heavy atom. The molecule has 5 heteroatoms. The maximum atomic E-state index is 12.2. The first kappa shape index (κ1) is 14.8. The normalized spacial score (nSPS) is 13.7. The van der Waals surface area contributed by atoms with Crippen LogP contribution in [0.3, 0.4) is 0 Å². The van der Waals surface area contributed by atoms with Gasteiger partial charge < -0.3 is 14.8 Å². The number of fused-ring (bicyclic) bond motifs is 1. The fourth-order valence-electron chi connectivity index (χ4n) is 2.14. The Morgan fingerprint density at radius 3 is 2.77 bits per heavy atom. The number of amides is 1. The molecule has 1 heterocycles. The number of hydrogen-bond donors (Lipinski definition) is 1. The highest BCUT2D eigenvalue weighted by atomic mass is 32.2. The highest BCUT2D eigenvalue weighted by Gasteiger charge is 2.16. The zero-order chi connectivity index (χ0) is 15.4. The molecule has 0 bridgehead atoms. The molecule has 114 valence electrons. The minimum atomic E-state index is -0.142. The molecule has 1 N–H and O–H groups in total. The van der Waals surface area contributed by atoms with Gasteiger partial charge in [0.1, 0.15) is 0 Å². The second-order valence-corrected chi connectivity index (χ2v) is 6.39. The number of ether oxygens (including phenoxy) is 2. The molecule has 0 aromatic heterocycles. The van der Waals surface area contributed by atoms with Crippen LogP contribution in [-0.2, 0) is 11.3 Å². The fourth-order valence-corrected chi connectivity index (χ4v) is 3.05. The van der Waals surface area contributed by atoms with Crippen molar-refractivity contribution in [3.8, 4) is 11.5 Å². The molecule has 1 unspecified atom stereocenters. The number of carbonyl (C=O) groups excluding carboxylic acids is 1. The first-order valence-corrected chi connectivity index (χ1v) is 7.98. The van der Waals surface area contributed by atoms with Gasteiger partial charge in [-0.05, 0) is 36.8 Å². The van der Waals surface area contributed by atoms with Crippen molar-refractivity contribution in [2.75, 3.05) is 6.79 Å². The van der Waals surface area contributed by atoms with Gasteiger partial charge in [0.2, 0.25) is 12.7 Å². The molecular weight excluding hydrogens is 298 g/mol. The molecule has 2 aromatic carbocycles. The van der Waals surface area contributed by atoms with Crippen LogP contribution in [0, 0.1) is 0 Å². The summed E-state index contributed by atoms with van der Waals surface area (Å²) in [7, 11) is 0. The van der Waals surface area contributed by atoms with E-state index < -0.39 is 0 Å². The lowest BCUT2D eigenvalue weighted by Gasteiger charge is -2.12. The maximum absolute atomic E-state index is 12.2. The zero-order valence-electron chi connectivity index (χ0n) is 12.2. The van der Waals surface area contributed by atoms with Crippen molar-refractivity contribution in [1.82, 2.24) is 5.32 Å². The van der Waals surface area contributed by atoms with Gasteiger partial charge in [-0.25, -0.2) is 0 Å². The van der Waals surface area contributed by atoms with E-state index in [2.05, 4.69) is 5.32 Å². The summed E-state index contributed by atoms with van der Waals surface area (Å²) < 4.78 is 10.6. The number of nitrogens with one attached hydrogen (secondary N) is 1. The number of rotatable bonds is 5. The second-order valence-electron chi connectivity index (χ2n) is 4.98. The van der Waals surface area contributed by atoms with E-state index in [9.17, 15) is 4.79 Å². The molecule has 0 fully saturated rings. The van der Waals surface area contributed by atoms with Gasteiger partial charge in [-0.15, -0.1) is 11.8 Å². The Hall–Kier alpha value is -2.14. The Balaban J connectivity index is 1.53. The van der Waals surface area contributed by atoms with Gasteiger partial charge in [0.15, 0.2) is 11.5 Å². The standard InChI is InChI=1S/C17H17NO3S/c1-12(22-14-5-3-2-4-6-14)17(19)18-10-13-7-8-15-16(9-13)21-11-20-15/h2-9,12H,10-11H2,1H3,(H,18,19). The summed E-state index contributed by atoms with van der Waals surface area (Å²) >= 11 is 1.55. The molecule has 22 heavy (non-hydrogen) atoms. The Labute approximate surface area is 133 Å². The quantitative estimate of drug-likeness (QED) is 0.861.